The van der Waals surface area contributed by atoms with Gasteiger partial charge in [-0.25, -0.2) is 0 Å². The molecule has 1 aliphatic rings. The molecule has 4 heteroatoms. The summed E-state index contributed by atoms with van der Waals surface area (Å²) in [5, 5.41) is 8.80. The van der Waals surface area contributed by atoms with Crippen molar-refractivity contribution in [3.8, 4) is 0 Å². The van der Waals surface area contributed by atoms with Crippen molar-refractivity contribution in [3.63, 3.8) is 0 Å². The number of aliphatic imine (C=N–C) groups is 1. The second kappa shape index (κ2) is 6.64. The van der Waals surface area contributed by atoms with E-state index in [4.69, 9.17) is 0 Å². The first kappa shape index (κ1) is 12.4. The number of guanidine groups is 1. The molecule has 0 aliphatic heterocycles. The number of hydrogen-bond donors (Lipinski definition) is 2. The monoisotopic (exact) mass is 251 g/mol. The molecule has 1 fully saturated rings. The molecular formula is C13H21N3S. The molecule has 0 amide bonds. The van der Waals surface area contributed by atoms with Crippen molar-refractivity contribution in [2.45, 2.75) is 26.2 Å². The standard InChI is InChI=1S/C13H21N3S/c1-2-14-13(16-10-11-5-6-11)15-8-7-12-4-3-9-17-12/h3-4,9,11H,2,5-8,10H2,1H3,(H2,14,15,16). The summed E-state index contributed by atoms with van der Waals surface area (Å²) in [7, 11) is 0. The molecule has 0 bridgehead atoms. The fourth-order valence-corrected chi connectivity index (χ4v) is 2.33. The van der Waals surface area contributed by atoms with Crippen LogP contribution in [0.1, 0.15) is 24.6 Å². The fourth-order valence-electron chi connectivity index (χ4n) is 1.62. The van der Waals surface area contributed by atoms with Crippen LogP contribution in [0.3, 0.4) is 0 Å². The lowest BCUT2D eigenvalue weighted by molar-refractivity contribution is 0.779. The van der Waals surface area contributed by atoms with Crippen LogP contribution in [-0.2, 0) is 6.42 Å². The number of rotatable bonds is 6. The molecule has 1 saturated carbocycles. The van der Waals surface area contributed by atoms with Crippen LogP contribution < -0.4 is 10.6 Å². The topological polar surface area (TPSA) is 36.4 Å². The van der Waals surface area contributed by atoms with Gasteiger partial charge in [0.2, 0.25) is 0 Å². The average Bonchev–Trinajstić information content (AvgIpc) is 3.02. The molecule has 1 aliphatic carbocycles. The minimum Gasteiger partial charge on any atom is -0.357 e. The number of hydrogen-bond acceptors (Lipinski definition) is 2. The molecule has 0 radical (unpaired) electrons. The van der Waals surface area contributed by atoms with Gasteiger partial charge in [0.15, 0.2) is 5.96 Å². The number of nitrogens with one attached hydrogen (secondary N) is 2. The molecule has 1 heterocycles. The van der Waals surface area contributed by atoms with E-state index in [9.17, 15) is 0 Å². The first-order valence-electron chi connectivity index (χ1n) is 6.43. The second-order valence-corrected chi connectivity index (χ2v) is 5.45. The maximum atomic E-state index is 4.59. The highest BCUT2D eigenvalue weighted by Crippen LogP contribution is 2.28. The van der Waals surface area contributed by atoms with Crippen molar-refractivity contribution in [2.75, 3.05) is 19.6 Å². The third-order valence-corrected chi connectivity index (χ3v) is 3.73. The highest BCUT2D eigenvalue weighted by atomic mass is 32.1. The summed E-state index contributed by atoms with van der Waals surface area (Å²) < 4.78 is 0. The van der Waals surface area contributed by atoms with Crippen LogP contribution in [0.25, 0.3) is 0 Å². The smallest absolute Gasteiger partial charge is 0.191 e. The lowest BCUT2D eigenvalue weighted by Gasteiger charge is -2.10. The van der Waals surface area contributed by atoms with E-state index < -0.39 is 0 Å². The molecule has 94 valence electrons. The lowest BCUT2D eigenvalue weighted by Crippen LogP contribution is -2.38. The van der Waals surface area contributed by atoms with Crippen molar-refractivity contribution < 1.29 is 0 Å². The Morgan fingerprint density at radius 2 is 2.35 bits per heavy atom. The van der Waals surface area contributed by atoms with Gasteiger partial charge in [-0.2, -0.15) is 0 Å². The SMILES string of the molecule is CCNC(=NCC1CC1)NCCc1cccs1. The van der Waals surface area contributed by atoms with Crippen molar-refractivity contribution >= 4 is 17.3 Å². The Kier molecular flexibility index (Phi) is 4.86. The van der Waals surface area contributed by atoms with Crippen molar-refractivity contribution in [2.24, 2.45) is 10.9 Å². The van der Waals surface area contributed by atoms with E-state index in [1.54, 1.807) is 0 Å². The summed E-state index contributed by atoms with van der Waals surface area (Å²) >= 11 is 1.82. The molecule has 0 atom stereocenters. The summed E-state index contributed by atoms with van der Waals surface area (Å²) in [5.74, 6) is 1.82. The Bertz CT molecular complexity index is 342. The van der Waals surface area contributed by atoms with Crippen LogP contribution in [0, 0.1) is 5.92 Å². The van der Waals surface area contributed by atoms with E-state index in [2.05, 4.69) is 40.1 Å². The summed E-state index contributed by atoms with van der Waals surface area (Å²) in [5.41, 5.74) is 0. The van der Waals surface area contributed by atoms with E-state index >= 15 is 0 Å². The van der Waals surface area contributed by atoms with Gasteiger partial charge in [-0.15, -0.1) is 11.3 Å². The highest BCUT2D eigenvalue weighted by Gasteiger charge is 2.20. The Morgan fingerprint density at radius 1 is 1.47 bits per heavy atom. The van der Waals surface area contributed by atoms with Gasteiger partial charge in [-0.3, -0.25) is 4.99 Å². The van der Waals surface area contributed by atoms with Gasteiger partial charge in [-0.05, 0) is 43.6 Å². The largest absolute Gasteiger partial charge is 0.357 e. The van der Waals surface area contributed by atoms with Crippen LogP contribution in [0.2, 0.25) is 0 Å². The van der Waals surface area contributed by atoms with Crippen molar-refractivity contribution in [1.29, 1.82) is 0 Å². The minimum absolute atomic E-state index is 0.850. The Labute approximate surface area is 107 Å². The molecule has 0 saturated heterocycles. The van der Waals surface area contributed by atoms with Gasteiger partial charge in [0.25, 0.3) is 0 Å². The van der Waals surface area contributed by atoms with Crippen molar-refractivity contribution in [3.05, 3.63) is 22.4 Å². The number of nitrogens with zero attached hydrogens (tertiary/aromatic N) is 1. The summed E-state index contributed by atoms with van der Waals surface area (Å²) in [6.45, 7) is 4.97. The van der Waals surface area contributed by atoms with Crippen LogP contribution in [-0.4, -0.2) is 25.6 Å². The third-order valence-electron chi connectivity index (χ3n) is 2.79. The fraction of sp³-hybridized carbons (Fsp3) is 0.615. The predicted octanol–water partition coefficient (Wildman–Crippen LogP) is 2.26. The molecule has 0 aromatic carbocycles. The van der Waals surface area contributed by atoms with Gasteiger partial charge in [0.05, 0.1) is 0 Å². The Hall–Kier alpha value is -1.03. The molecule has 2 rings (SSSR count). The van der Waals surface area contributed by atoms with Crippen molar-refractivity contribution in [1.82, 2.24) is 10.6 Å². The lowest BCUT2D eigenvalue weighted by atomic mass is 10.3. The molecule has 1 aromatic heterocycles. The van der Waals surface area contributed by atoms with E-state index in [1.165, 1.54) is 17.7 Å². The van der Waals surface area contributed by atoms with E-state index in [0.29, 0.717) is 0 Å². The van der Waals surface area contributed by atoms with Gasteiger partial charge in [-0.1, -0.05) is 6.07 Å². The van der Waals surface area contributed by atoms with Gasteiger partial charge in [0, 0.05) is 24.5 Å². The van der Waals surface area contributed by atoms with Crippen LogP contribution in [0.15, 0.2) is 22.5 Å². The maximum absolute atomic E-state index is 4.59. The average molecular weight is 251 g/mol. The molecular weight excluding hydrogens is 230 g/mol. The zero-order chi connectivity index (χ0) is 11.9. The zero-order valence-electron chi connectivity index (χ0n) is 10.4. The van der Waals surface area contributed by atoms with Gasteiger partial charge in [0.1, 0.15) is 0 Å². The van der Waals surface area contributed by atoms with Crippen LogP contribution in [0.4, 0.5) is 0 Å². The molecule has 3 nitrogen and oxygen atoms in total. The maximum Gasteiger partial charge on any atom is 0.191 e. The molecule has 2 N–H and O–H groups in total. The molecule has 1 aromatic rings. The Morgan fingerprint density at radius 3 is 3.00 bits per heavy atom. The highest BCUT2D eigenvalue weighted by molar-refractivity contribution is 7.09. The quantitative estimate of drug-likeness (QED) is 0.601. The summed E-state index contributed by atoms with van der Waals surface area (Å²) in [6, 6.07) is 4.28. The second-order valence-electron chi connectivity index (χ2n) is 4.42. The first-order valence-corrected chi connectivity index (χ1v) is 7.31. The van der Waals surface area contributed by atoms with Gasteiger partial charge < -0.3 is 10.6 Å². The van der Waals surface area contributed by atoms with E-state index in [-0.39, 0.29) is 0 Å². The van der Waals surface area contributed by atoms with Crippen LogP contribution >= 0.6 is 11.3 Å². The summed E-state index contributed by atoms with van der Waals surface area (Å²) in [4.78, 5) is 6.02. The summed E-state index contributed by atoms with van der Waals surface area (Å²) in [6.07, 6.45) is 3.79. The zero-order valence-corrected chi connectivity index (χ0v) is 11.2. The minimum atomic E-state index is 0.850. The first-order chi connectivity index (χ1) is 8.38. The molecule has 0 spiro atoms. The van der Waals surface area contributed by atoms with Crippen LogP contribution in [0.5, 0.6) is 0 Å². The predicted molar refractivity (Wildman–Crippen MR) is 74.7 cm³/mol. The van der Waals surface area contributed by atoms with E-state index in [1.807, 2.05) is 11.3 Å². The van der Waals surface area contributed by atoms with E-state index in [0.717, 1.165) is 37.9 Å². The number of thiophene rings is 1. The normalized spacial score (nSPS) is 15.9. The third kappa shape index (κ3) is 4.77. The van der Waals surface area contributed by atoms with Gasteiger partial charge >= 0.3 is 0 Å². The molecule has 17 heavy (non-hydrogen) atoms. The Balaban J connectivity index is 1.70. The molecule has 0 unspecified atom stereocenters.